The largest absolute Gasteiger partial charge is 0.480 e. The van der Waals surface area contributed by atoms with Crippen LogP contribution in [0.25, 0.3) is 11.1 Å². The van der Waals surface area contributed by atoms with Gasteiger partial charge in [-0.1, -0.05) is 30.3 Å². The highest BCUT2D eigenvalue weighted by molar-refractivity contribution is 5.90. The molecule has 0 amide bonds. The number of fused-ring (bicyclic) bond motifs is 1. The van der Waals surface area contributed by atoms with Gasteiger partial charge in [0.15, 0.2) is 12.0 Å². The molecule has 0 saturated heterocycles. The number of hydrogen-bond acceptors (Lipinski definition) is 4. The fourth-order valence-corrected chi connectivity index (χ4v) is 2.77. The highest BCUT2D eigenvalue weighted by atomic mass is 19.4. The maximum absolute atomic E-state index is 13.2. The van der Waals surface area contributed by atoms with Crippen LogP contribution in [0.1, 0.15) is 11.1 Å². The molecule has 0 bridgehead atoms. The Hall–Kier alpha value is -3.03. The maximum atomic E-state index is 13.2. The molecule has 8 heteroatoms. The summed E-state index contributed by atoms with van der Waals surface area (Å²) in [7, 11) is 1.43. The Morgan fingerprint density at radius 2 is 1.96 bits per heavy atom. The van der Waals surface area contributed by atoms with Crippen LogP contribution in [0.4, 0.5) is 18.9 Å². The molecule has 0 aliphatic rings. The molecule has 0 aliphatic carbocycles. The number of carboxylic acid groups (broad SMARTS) is 1. The Kier molecular flexibility index (Phi) is 4.58. The number of hydrogen-bond donors (Lipinski definition) is 1. The van der Waals surface area contributed by atoms with Gasteiger partial charge >= 0.3 is 12.1 Å². The van der Waals surface area contributed by atoms with Gasteiger partial charge in [-0.3, -0.25) is 0 Å². The van der Waals surface area contributed by atoms with Gasteiger partial charge in [0, 0.05) is 13.5 Å². The van der Waals surface area contributed by atoms with Crippen molar-refractivity contribution >= 4 is 22.8 Å². The summed E-state index contributed by atoms with van der Waals surface area (Å²) < 4.78 is 44.7. The second-order valence-corrected chi connectivity index (χ2v) is 5.85. The van der Waals surface area contributed by atoms with Crippen LogP contribution in [0.5, 0.6) is 0 Å². The molecule has 5 nitrogen and oxygen atoms in total. The quantitative estimate of drug-likeness (QED) is 0.742. The molecular weight excluding hydrogens is 349 g/mol. The minimum Gasteiger partial charge on any atom is -0.480 e. The number of benzene rings is 2. The zero-order chi connectivity index (χ0) is 18.9. The molecule has 1 N–H and O–H groups in total. The zero-order valence-corrected chi connectivity index (χ0v) is 13.7. The van der Waals surface area contributed by atoms with Crippen LogP contribution in [0, 0.1) is 0 Å². The first-order valence-corrected chi connectivity index (χ1v) is 7.71. The standard InChI is InChI=1S/C18H15F3N2O3/c1-23(15(17(24)25)7-11-5-3-2-4-6-11)14-9-12(18(19,20)21)8-13-16(14)26-10-22-13/h2-6,8-10,15H,7H2,1H3,(H,24,25)/t15-/m0/s1. The summed E-state index contributed by atoms with van der Waals surface area (Å²) in [6, 6.07) is 9.56. The van der Waals surface area contributed by atoms with Crippen molar-refractivity contribution < 1.29 is 27.5 Å². The molecule has 2 aromatic carbocycles. The number of nitrogens with zero attached hydrogens (tertiary/aromatic N) is 2. The predicted molar refractivity (Wildman–Crippen MR) is 89.0 cm³/mol. The Balaban J connectivity index is 2.05. The number of likely N-dealkylation sites (N-methyl/N-ethyl adjacent to an activating group) is 1. The third-order valence-electron chi connectivity index (χ3n) is 4.14. The van der Waals surface area contributed by atoms with Crippen LogP contribution in [-0.2, 0) is 17.4 Å². The summed E-state index contributed by atoms with van der Waals surface area (Å²) in [6.45, 7) is 0. The molecule has 3 aromatic rings. The van der Waals surface area contributed by atoms with Gasteiger partial charge in [0.1, 0.15) is 11.6 Å². The van der Waals surface area contributed by atoms with Gasteiger partial charge in [-0.25, -0.2) is 9.78 Å². The predicted octanol–water partition coefficient (Wildman–Crippen LogP) is 3.98. The van der Waals surface area contributed by atoms with Gasteiger partial charge in [0.05, 0.1) is 11.3 Å². The summed E-state index contributed by atoms with van der Waals surface area (Å²) in [5.41, 5.74) is -0.00173. The lowest BCUT2D eigenvalue weighted by Gasteiger charge is -2.27. The smallest absolute Gasteiger partial charge is 0.416 e. The van der Waals surface area contributed by atoms with Gasteiger partial charge in [0.25, 0.3) is 0 Å². The fourth-order valence-electron chi connectivity index (χ4n) is 2.77. The fraction of sp³-hybridized carbons (Fsp3) is 0.222. The average Bonchev–Trinajstić information content (AvgIpc) is 3.06. The van der Waals surface area contributed by atoms with Gasteiger partial charge in [-0.05, 0) is 17.7 Å². The van der Waals surface area contributed by atoms with Crippen molar-refractivity contribution in [3.8, 4) is 0 Å². The van der Waals surface area contributed by atoms with E-state index in [1.807, 2.05) is 0 Å². The molecule has 1 atom stereocenters. The number of anilines is 1. The summed E-state index contributed by atoms with van der Waals surface area (Å²) in [4.78, 5) is 16.8. The van der Waals surface area contributed by atoms with Crippen molar-refractivity contribution in [2.24, 2.45) is 0 Å². The van der Waals surface area contributed by atoms with Crippen molar-refractivity contribution in [3.05, 3.63) is 60.0 Å². The highest BCUT2D eigenvalue weighted by Gasteiger charge is 2.34. The van der Waals surface area contributed by atoms with Crippen LogP contribution in [-0.4, -0.2) is 29.1 Å². The first-order chi connectivity index (χ1) is 12.3. The Labute approximate surface area is 146 Å². The van der Waals surface area contributed by atoms with Crippen molar-refractivity contribution in [1.82, 2.24) is 4.98 Å². The monoisotopic (exact) mass is 364 g/mol. The second-order valence-electron chi connectivity index (χ2n) is 5.85. The molecule has 1 aromatic heterocycles. The van der Waals surface area contributed by atoms with Crippen LogP contribution >= 0.6 is 0 Å². The third kappa shape index (κ3) is 3.49. The molecule has 0 aliphatic heterocycles. The molecule has 0 spiro atoms. The maximum Gasteiger partial charge on any atom is 0.416 e. The lowest BCUT2D eigenvalue weighted by molar-refractivity contribution is -0.138. The number of carboxylic acids is 1. The van der Waals surface area contributed by atoms with E-state index in [9.17, 15) is 23.1 Å². The molecule has 1 heterocycles. The Bertz CT molecular complexity index is 922. The first kappa shape index (κ1) is 17.8. The van der Waals surface area contributed by atoms with Crippen LogP contribution in [0.3, 0.4) is 0 Å². The van der Waals surface area contributed by atoms with Gasteiger partial charge in [-0.15, -0.1) is 0 Å². The van der Waals surface area contributed by atoms with Crippen molar-refractivity contribution in [3.63, 3.8) is 0 Å². The average molecular weight is 364 g/mol. The van der Waals surface area contributed by atoms with E-state index >= 15 is 0 Å². The normalized spacial score (nSPS) is 12.9. The van der Waals surface area contributed by atoms with Gasteiger partial charge in [-0.2, -0.15) is 13.2 Å². The van der Waals surface area contributed by atoms with Gasteiger partial charge < -0.3 is 14.4 Å². The summed E-state index contributed by atoms with van der Waals surface area (Å²) >= 11 is 0. The van der Waals surface area contributed by atoms with E-state index in [-0.39, 0.29) is 23.2 Å². The molecule has 0 saturated carbocycles. The zero-order valence-electron chi connectivity index (χ0n) is 13.7. The molecule has 136 valence electrons. The number of halogens is 3. The van der Waals surface area contributed by atoms with E-state index in [1.165, 1.54) is 11.9 Å². The van der Waals surface area contributed by atoms with Gasteiger partial charge in [0.2, 0.25) is 0 Å². The Morgan fingerprint density at radius 1 is 1.27 bits per heavy atom. The van der Waals surface area contributed by atoms with E-state index in [4.69, 9.17) is 4.42 Å². The van der Waals surface area contributed by atoms with E-state index in [0.717, 1.165) is 24.1 Å². The van der Waals surface area contributed by atoms with Crippen molar-refractivity contribution in [2.75, 3.05) is 11.9 Å². The SMILES string of the molecule is CN(c1cc(C(F)(F)F)cc2ncoc12)[C@@H](Cc1ccccc1)C(=O)O. The number of oxazole rings is 1. The second kappa shape index (κ2) is 6.70. The van der Waals surface area contributed by atoms with E-state index in [0.29, 0.717) is 0 Å². The van der Waals surface area contributed by atoms with Crippen LogP contribution < -0.4 is 4.90 Å². The van der Waals surface area contributed by atoms with E-state index in [2.05, 4.69) is 4.98 Å². The molecule has 0 unspecified atom stereocenters. The third-order valence-corrected chi connectivity index (χ3v) is 4.14. The highest BCUT2D eigenvalue weighted by Crippen LogP contribution is 2.37. The molecule has 26 heavy (non-hydrogen) atoms. The molecule has 3 rings (SSSR count). The number of carbonyl (C=O) groups is 1. The Morgan fingerprint density at radius 3 is 2.58 bits per heavy atom. The molecule has 0 radical (unpaired) electrons. The minimum atomic E-state index is -4.58. The number of alkyl halides is 3. The van der Waals surface area contributed by atoms with Crippen LogP contribution in [0.2, 0.25) is 0 Å². The minimum absolute atomic E-state index is 0.0190. The first-order valence-electron chi connectivity index (χ1n) is 7.71. The van der Waals surface area contributed by atoms with E-state index in [1.54, 1.807) is 30.3 Å². The summed E-state index contributed by atoms with van der Waals surface area (Å²) in [5, 5.41) is 9.61. The van der Waals surface area contributed by atoms with Crippen molar-refractivity contribution in [1.29, 1.82) is 0 Å². The van der Waals surface area contributed by atoms with Crippen molar-refractivity contribution in [2.45, 2.75) is 18.6 Å². The van der Waals surface area contributed by atoms with Crippen LogP contribution in [0.15, 0.2) is 53.3 Å². The number of rotatable bonds is 5. The summed E-state index contributed by atoms with van der Waals surface area (Å²) in [6.07, 6.45) is -3.42. The number of aromatic nitrogens is 1. The lowest BCUT2D eigenvalue weighted by atomic mass is 10.0. The molecular formula is C18H15F3N2O3. The van der Waals surface area contributed by atoms with E-state index < -0.39 is 23.8 Å². The number of aliphatic carboxylic acids is 1. The lowest BCUT2D eigenvalue weighted by Crippen LogP contribution is -2.40. The topological polar surface area (TPSA) is 66.6 Å². The molecule has 0 fully saturated rings. The summed E-state index contributed by atoms with van der Waals surface area (Å²) in [5.74, 6) is -1.15.